The van der Waals surface area contributed by atoms with Crippen molar-refractivity contribution < 1.29 is 22.7 Å². The Labute approximate surface area is 182 Å². The van der Waals surface area contributed by atoms with Crippen LogP contribution in [0.5, 0.6) is 5.75 Å². The smallest absolute Gasteiger partial charge is 0.255 e. The number of hydrogen-bond acceptors (Lipinski definition) is 5. The Kier molecular flexibility index (Phi) is 6.97. The van der Waals surface area contributed by atoms with Gasteiger partial charge >= 0.3 is 0 Å². The van der Waals surface area contributed by atoms with Crippen molar-refractivity contribution >= 4 is 27.5 Å². The molecule has 9 heteroatoms. The van der Waals surface area contributed by atoms with Crippen LogP contribution in [0, 0.1) is 0 Å². The van der Waals surface area contributed by atoms with Crippen LogP contribution in [0.1, 0.15) is 47.4 Å². The van der Waals surface area contributed by atoms with Gasteiger partial charge in [0, 0.05) is 35.9 Å². The molecule has 1 saturated carbocycles. The van der Waals surface area contributed by atoms with Crippen molar-refractivity contribution in [2.45, 2.75) is 37.6 Å². The number of rotatable bonds is 9. The topological polar surface area (TPSA) is 105 Å². The SMILES string of the molecule is CCN(CC)S(=O)(=O)c1cc(C(=O)Nc2cccc(C(=O)NC3CC3)c2)ccc1OC. The predicted octanol–water partition coefficient (Wildman–Crippen LogP) is 2.87. The van der Waals surface area contributed by atoms with Crippen LogP contribution in [-0.2, 0) is 10.0 Å². The Morgan fingerprint density at radius 2 is 1.71 bits per heavy atom. The summed E-state index contributed by atoms with van der Waals surface area (Å²) in [4.78, 5) is 25.0. The van der Waals surface area contributed by atoms with E-state index in [0.29, 0.717) is 24.3 Å². The van der Waals surface area contributed by atoms with Gasteiger partial charge in [-0.2, -0.15) is 4.31 Å². The summed E-state index contributed by atoms with van der Waals surface area (Å²) >= 11 is 0. The van der Waals surface area contributed by atoms with Gasteiger partial charge in [-0.25, -0.2) is 8.42 Å². The van der Waals surface area contributed by atoms with E-state index in [9.17, 15) is 18.0 Å². The number of nitrogens with zero attached hydrogens (tertiary/aromatic N) is 1. The molecule has 0 bridgehead atoms. The molecule has 0 spiro atoms. The lowest BCUT2D eigenvalue weighted by Crippen LogP contribution is -2.31. The molecule has 2 N–H and O–H groups in total. The molecule has 0 unspecified atom stereocenters. The summed E-state index contributed by atoms with van der Waals surface area (Å²) in [5.74, 6) is -0.503. The van der Waals surface area contributed by atoms with E-state index in [1.807, 2.05) is 0 Å². The highest BCUT2D eigenvalue weighted by Crippen LogP contribution is 2.28. The van der Waals surface area contributed by atoms with Crippen molar-refractivity contribution in [2.75, 3.05) is 25.5 Å². The lowest BCUT2D eigenvalue weighted by molar-refractivity contribution is 0.0949. The molecule has 0 aliphatic heterocycles. The van der Waals surface area contributed by atoms with Crippen molar-refractivity contribution in [2.24, 2.45) is 0 Å². The van der Waals surface area contributed by atoms with Crippen LogP contribution in [0.2, 0.25) is 0 Å². The summed E-state index contributed by atoms with van der Waals surface area (Å²) in [6.07, 6.45) is 1.97. The number of amides is 2. The third-order valence-corrected chi connectivity index (χ3v) is 7.12. The zero-order valence-electron chi connectivity index (χ0n) is 17.8. The van der Waals surface area contributed by atoms with E-state index < -0.39 is 15.9 Å². The highest BCUT2D eigenvalue weighted by molar-refractivity contribution is 7.89. The fourth-order valence-electron chi connectivity index (χ4n) is 3.16. The summed E-state index contributed by atoms with van der Waals surface area (Å²) in [5.41, 5.74) is 1.06. The fourth-order valence-corrected chi connectivity index (χ4v) is 4.80. The third kappa shape index (κ3) is 5.23. The molecule has 2 aromatic carbocycles. The van der Waals surface area contributed by atoms with Gasteiger partial charge in [0.1, 0.15) is 10.6 Å². The van der Waals surface area contributed by atoms with Crippen LogP contribution in [-0.4, -0.2) is 50.8 Å². The maximum absolute atomic E-state index is 13.0. The molecule has 31 heavy (non-hydrogen) atoms. The Balaban J connectivity index is 1.85. The molecular formula is C22H27N3O5S. The number of carbonyl (C=O) groups excluding carboxylic acids is 2. The fraction of sp³-hybridized carbons (Fsp3) is 0.364. The maximum Gasteiger partial charge on any atom is 0.255 e. The first kappa shape index (κ1) is 22.8. The van der Waals surface area contributed by atoms with Crippen molar-refractivity contribution in [3.8, 4) is 5.75 Å². The number of sulfonamides is 1. The average Bonchev–Trinajstić information content (AvgIpc) is 3.58. The quantitative estimate of drug-likeness (QED) is 0.618. The highest BCUT2D eigenvalue weighted by Gasteiger charge is 2.27. The first-order chi connectivity index (χ1) is 14.8. The Morgan fingerprint density at radius 3 is 2.32 bits per heavy atom. The van der Waals surface area contributed by atoms with E-state index in [0.717, 1.165) is 12.8 Å². The lowest BCUT2D eigenvalue weighted by Gasteiger charge is -2.20. The van der Waals surface area contributed by atoms with Gasteiger partial charge in [0.25, 0.3) is 11.8 Å². The summed E-state index contributed by atoms with van der Waals surface area (Å²) in [5, 5.41) is 5.63. The third-order valence-electron chi connectivity index (χ3n) is 5.04. The first-order valence-corrected chi connectivity index (χ1v) is 11.6. The summed E-state index contributed by atoms with van der Waals surface area (Å²) < 4.78 is 32.5. The van der Waals surface area contributed by atoms with Gasteiger partial charge < -0.3 is 15.4 Å². The molecule has 0 radical (unpaired) electrons. The molecule has 0 saturated heterocycles. The van der Waals surface area contributed by atoms with Gasteiger partial charge in [-0.05, 0) is 49.2 Å². The van der Waals surface area contributed by atoms with E-state index in [1.165, 1.54) is 29.6 Å². The largest absolute Gasteiger partial charge is 0.495 e. The Bertz CT molecular complexity index is 1080. The molecule has 1 aliphatic carbocycles. The number of benzene rings is 2. The van der Waals surface area contributed by atoms with Crippen molar-refractivity contribution in [3.05, 3.63) is 53.6 Å². The number of ether oxygens (including phenoxy) is 1. The predicted molar refractivity (Wildman–Crippen MR) is 118 cm³/mol. The van der Waals surface area contributed by atoms with Crippen LogP contribution in [0.4, 0.5) is 5.69 Å². The minimum absolute atomic E-state index is 0.0658. The minimum atomic E-state index is -3.82. The molecule has 0 heterocycles. The van der Waals surface area contributed by atoms with Crippen LogP contribution >= 0.6 is 0 Å². The first-order valence-electron chi connectivity index (χ1n) is 10.2. The van der Waals surface area contributed by atoms with Gasteiger partial charge in [0.2, 0.25) is 10.0 Å². The van der Waals surface area contributed by atoms with E-state index in [1.54, 1.807) is 38.1 Å². The second kappa shape index (κ2) is 9.49. The number of anilines is 1. The minimum Gasteiger partial charge on any atom is -0.495 e. The van der Waals surface area contributed by atoms with Crippen LogP contribution < -0.4 is 15.4 Å². The second-order valence-corrected chi connectivity index (χ2v) is 9.14. The van der Waals surface area contributed by atoms with E-state index in [4.69, 9.17) is 4.74 Å². The Hall–Kier alpha value is -2.91. The second-order valence-electron chi connectivity index (χ2n) is 7.24. The lowest BCUT2D eigenvalue weighted by atomic mass is 10.1. The molecule has 166 valence electrons. The van der Waals surface area contributed by atoms with E-state index in [-0.39, 0.29) is 28.2 Å². The Morgan fingerprint density at radius 1 is 1.03 bits per heavy atom. The van der Waals surface area contributed by atoms with Crippen LogP contribution in [0.3, 0.4) is 0 Å². The zero-order valence-corrected chi connectivity index (χ0v) is 18.7. The molecule has 2 amide bonds. The summed E-state index contributed by atoms with van der Waals surface area (Å²) in [7, 11) is -2.44. The molecule has 8 nitrogen and oxygen atoms in total. The van der Waals surface area contributed by atoms with Crippen molar-refractivity contribution in [1.29, 1.82) is 0 Å². The summed E-state index contributed by atoms with van der Waals surface area (Å²) in [6, 6.07) is 11.1. The van der Waals surface area contributed by atoms with Gasteiger partial charge in [-0.15, -0.1) is 0 Å². The van der Waals surface area contributed by atoms with Crippen LogP contribution in [0.25, 0.3) is 0 Å². The van der Waals surface area contributed by atoms with Crippen molar-refractivity contribution in [3.63, 3.8) is 0 Å². The molecule has 0 atom stereocenters. The molecule has 2 aromatic rings. The summed E-state index contributed by atoms with van der Waals surface area (Å²) in [6.45, 7) is 4.09. The normalized spacial score (nSPS) is 13.7. The van der Waals surface area contributed by atoms with Crippen molar-refractivity contribution in [1.82, 2.24) is 9.62 Å². The van der Waals surface area contributed by atoms with Gasteiger partial charge in [-0.3, -0.25) is 9.59 Å². The molecular weight excluding hydrogens is 418 g/mol. The number of hydrogen-bond donors (Lipinski definition) is 2. The molecule has 1 fully saturated rings. The van der Waals surface area contributed by atoms with E-state index in [2.05, 4.69) is 10.6 Å². The number of carbonyl (C=O) groups is 2. The van der Waals surface area contributed by atoms with Crippen LogP contribution in [0.15, 0.2) is 47.4 Å². The van der Waals surface area contributed by atoms with Gasteiger partial charge in [0.05, 0.1) is 7.11 Å². The molecule has 1 aliphatic rings. The average molecular weight is 446 g/mol. The number of methoxy groups -OCH3 is 1. The van der Waals surface area contributed by atoms with Gasteiger partial charge in [0.15, 0.2) is 0 Å². The van der Waals surface area contributed by atoms with Gasteiger partial charge in [-0.1, -0.05) is 19.9 Å². The molecule has 3 rings (SSSR count). The highest BCUT2D eigenvalue weighted by atomic mass is 32.2. The standard InChI is InChI=1S/C22H27N3O5S/c1-4-25(5-2)31(28,29)20-14-16(9-12-19(20)30-3)22(27)24-18-8-6-7-15(13-18)21(26)23-17-10-11-17/h6-9,12-14,17H,4-5,10-11H2,1-3H3,(H,23,26)(H,24,27). The molecule has 0 aromatic heterocycles. The van der Waals surface area contributed by atoms with E-state index >= 15 is 0 Å². The maximum atomic E-state index is 13.0. The zero-order chi connectivity index (χ0) is 22.6. The monoisotopic (exact) mass is 445 g/mol. The number of nitrogens with one attached hydrogen (secondary N) is 2.